The molecule has 0 unspecified atom stereocenters. The van der Waals surface area contributed by atoms with Crippen molar-refractivity contribution in [1.82, 2.24) is 40.2 Å². The van der Waals surface area contributed by atoms with Crippen LogP contribution < -0.4 is 21.7 Å². The first-order valence-corrected chi connectivity index (χ1v) is 19.0. The van der Waals surface area contributed by atoms with Crippen molar-refractivity contribution in [3.8, 4) is 23.8 Å². The van der Waals surface area contributed by atoms with Gasteiger partial charge in [-0.1, -0.05) is 23.2 Å². The largest absolute Gasteiger partial charge is 0.477 e. The molecule has 4 heterocycles. The Labute approximate surface area is 363 Å². The van der Waals surface area contributed by atoms with Crippen molar-refractivity contribution < 1.29 is 24.3 Å². The molecule has 0 aliphatic carbocycles. The number of pyridine rings is 2. The van der Waals surface area contributed by atoms with Crippen LogP contribution in [0.15, 0.2) is 82.3 Å². The SMILES string of the molecule is CNC(=O)c1cc(C#N)cc(C)c1N.CNC(=O)c1cc(C#N)cc(C)c1NC(=O)c1cc(Br)nn1-c1ncccc1Cl.O=C(O)c1cc(Br)nn1-c1ncccc1Cl. The van der Waals surface area contributed by atoms with E-state index in [-0.39, 0.29) is 34.5 Å². The van der Waals surface area contributed by atoms with Gasteiger partial charge in [-0.05, 0) is 105 Å². The van der Waals surface area contributed by atoms with E-state index < -0.39 is 17.8 Å². The Hall–Kier alpha value is -6.64. The highest BCUT2D eigenvalue weighted by Gasteiger charge is 2.23. The molecule has 4 aromatic heterocycles. The second-order valence-electron chi connectivity index (χ2n) is 11.8. The molecule has 6 aromatic rings. The number of rotatable bonds is 7. The van der Waals surface area contributed by atoms with Gasteiger partial charge in [-0.25, -0.2) is 24.1 Å². The number of halogens is 4. The summed E-state index contributed by atoms with van der Waals surface area (Å²) in [5.74, 6) is -1.76. The number of carboxylic acids is 1. The number of nitrogens with two attached hydrogens (primary N) is 1. The molecule has 0 saturated heterocycles. The van der Waals surface area contributed by atoms with Gasteiger partial charge in [0.2, 0.25) is 0 Å². The molecule has 3 amide bonds. The predicted octanol–water partition coefficient (Wildman–Crippen LogP) is 6.67. The maximum Gasteiger partial charge on any atom is 0.354 e. The summed E-state index contributed by atoms with van der Waals surface area (Å²) >= 11 is 18.5. The van der Waals surface area contributed by atoms with Crippen LogP contribution in [0, 0.1) is 36.5 Å². The Morgan fingerprint density at radius 3 is 1.66 bits per heavy atom. The van der Waals surface area contributed by atoms with Gasteiger partial charge in [0, 0.05) is 44.3 Å². The van der Waals surface area contributed by atoms with Gasteiger partial charge in [0.05, 0.1) is 50.1 Å². The van der Waals surface area contributed by atoms with Gasteiger partial charge in [0.15, 0.2) is 17.3 Å². The summed E-state index contributed by atoms with van der Waals surface area (Å²) in [7, 11) is 2.99. The zero-order valence-electron chi connectivity index (χ0n) is 31.2. The van der Waals surface area contributed by atoms with Gasteiger partial charge < -0.3 is 26.8 Å². The molecule has 0 aliphatic heterocycles. The number of nitrogen functional groups attached to an aromatic ring is 1. The minimum atomic E-state index is -1.10. The summed E-state index contributed by atoms with van der Waals surface area (Å²) in [6.45, 7) is 3.47. The Morgan fingerprint density at radius 2 is 1.19 bits per heavy atom. The third-order valence-corrected chi connectivity index (χ3v) is 9.22. The molecule has 0 atom stereocenters. The number of nitrogens with one attached hydrogen (secondary N) is 3. The van der Waals surface area contributed by atoms with Crippen molar-refractivity contribution >= 4 is 90.1 Å². The summed E-state index contributed by atoms with van der Waals surface area (Å²) in [6.07, 6.45) is 3.05. The lowest BCUT2D eigenvalue weighted by Crippen LogP contribution is -2.24. The average molecular weight is 965 g/mol. The Kier molecular flexibility index (Phi) is 15.4. The van der Waals surface area contributed by atoms with E-state index in [0.717, 1.165) is 5.56 Å². The number of aromatic carboxylic acids is 1. The lowest BCUT2D eigenvalue weighted by Gasteiger charge is -2.14. The number of hydrogen-bond acceptors (Lipinski definition) is 11. The summed E-state index contributed by atoms with van der Waals surface area (Å²) in [5, 5.41) is 43.4. The van der Waals surface area contributed by atoms with Crippen LogP contribution in [0.4, 0.5) is 11.4 Å². The highest BCUT2D eigenvalue weighted by Crippen LogP contribution is 2.27. The summed E-state index contributed by atoms with van der Waals surface area (Å²) in [6, 6.07) is 19.6. The molecule has 300 valence electrons. The summed E-state index contributed by atoms with van der Waals surface area (Å²) in [4.78, 5) is 55.8. The van der Waals surface area contributed by atoms with Crippen LogP contribution in [-0.4, -0.2) is 72.4 Å². The van der Waals surface area contributed by atoms with E-state index in [0.29, 0.717) is 52.9 Å². The van der Waals surface area contributed by atoms with E-state index in [1.165, 1.54) is 60.1 Å². The zero-order valence-corrected chi connectivity index (χ0v) is 35.9. The van der Waals surface area contributed by atoms with Crippen LogP contribution in [-0.2, 0) is 0 Å². The van der Waals surface area contributed by atoms with Gasteiger partial charge in [-0.2, -0.15) is 20.7 Å². The lowest BCUT2D eigenvalue weighted by atomic mass is 10.0. The Morgan fingerprint density at radius 1 is 0.729 bits per heavy atom. The molecule has 59 heavy (non-hydrogen) atoms. The topological polar surface area (TPSA) is 260 Å². The van der Waals surface area contributed by atoms with Gasteiger partial charge in [-0.3, -0.25) is 14.4 Å². The number of hydrogen-bond donors (Lipinski definition) is 5. The standard InChI is InChI=1S/C19H14BrClN6O2.C10H11N3O.C9H5BrClN3O2/c1-10-6-11(9-22)7-12(18(28)23-2)16(10)25-19(29)14-8-15(20)26-27(14)17-13(21)4-3-5-24-17;1-6-3-7(5-11)4-8(9(6)12)10(14)13-2;10-7-4-6(9(15)16)14(13-7)8-5(11)2-1-3-12-8/h3-8H,1-2H3,(H,23,28)(H,25,29);3-4H,12H2,1-2H3,(H,13,14);1-4H,(H,15,16). The third-order valence-electron chi connectivity index (χ3n) is 7.85. The number of nitriles is 2. The Balaban J connectivity index is 0.000000216. The molecule has 17 nitrogen and oxygen atoms in total. The van der Waals surface area contributed by atoms with Crippen LogP contribution in [0.5, 0.6) is 0 Å². The predicted molar refractivity (Wildman–Crippen MR) is 226 cm³/mol. The smallest absolute Gasteiger partial charge is 0.354 e. The lowest BCUT2D eigenvalue weighted by molar-refractivity contribution is 0.0686. The van der Waals surface area contributed by atoms with Crippen molar-refractivity contribution in [3.63, 3.8) is 0 Å². The van der Waals surface area contributed by atoms with E-state index in [4.69, 9.17) is 39.3 Å². The average Bonchev–Trinajstić information content (AvgIpc) is 3.82. The second-order valence-corrected chi connectivity index (χ2v) is 14.2. The van der Waals surface area contributed by atoms with Crippen LogP contribution >= 0.6 is 55.1 Å². The van der Waals surface area contributed by atoms with Crippen molar-refractivity contribution in [1.29, 1.82) is 10.5 Å². The fourth-order valence-corrected chi connectivity index (χ4v) is 6.26. The van der Waals surface area contributed by atoms with Crippen LogP contribution in [0.2, 0.25) is 10.0 Å². The van der Waals surface area contributed by atoms with Gasteiger partial charge in [0.1, 0.15) is 14.9 Å². The Bertz CT molecular complexity index is 2690. The molecule has 0 radical (unpaired) electrons. The monoisotopic (exact) mass is 962 g/mol. The molecular weight excluding hydrogens is 935 g/mol. The molecule has 0 saturated carbocycles. The normalized spacial score (nSPS) is 10.1. The van der Waals surface area contributed by atoms with Crippen molar-refractivity contribution in [2.75, 3.05) is 25.1 Å². The van der Waals surface area contributed by atoms with Gasteiger partial charge in [-0.15, -0.1) is 0 Å². The van der Waals surface area contributed by atoms with E-state index >= 15 is 0 Å². The fraction of sp³-hybridized carbons (Fsp3) is 0.105. The van der Waals surface area contributed by atoms with Crippen LogP contribution in [0.25, 0.3) is 11.6 Å². The number of anilines is 2. The number of aromatic nitrogens is 6. The van der Waals surface area contributed by atoms with Crippen molar-refractivity contribution in [3.05, 3.63) is 137 Å². The summed E-state index contributed by atoms with van der Waals surface area (Å²) < 4.78 is 3.30. The maximum atomic E-state index is 13.0. The number of nitrogens with zero attached hydrogens (tertiary/aromatic N) is 8. The first-order chi connectivity index (χ1) is 28.0. The molecule has 2 aromatic carbocycles. The van der Waals surface area contributed by atoms with E-state index in [9.17, 15) is 24.4 Å². The number of amides is 3. The van der Waals surface area contributed by atoms with E-state index in [1.54, 1.807) is 50.2 Å². The van der Waals surface area contributed by atoms with Crippen molar-refractivity contribution in [2.45, 2.75) is 13.8 Å². The minimum Gasteiger partial charge on any atom is -0.477 e. The number of benzene rings is 2. The highest BCUT2D eigenvalue weighted by molar-refractivity contribution is 9.10. The molecule has 6 N–H and O–H groups in total. The van der Waals surface area contributed by atoms with Crippen molar-refractivity contribution in [2.24, 2.45) is 0 Å². The molecular formula is C38H30Br2Cl2N12O5. The molecule has 0 bridgehead atoms. The number of aryl methyl sites for hydroxylation is 2. The molecule has 0 fully saturated rings. The van der Waals surface area contributed by atoms with E-state index in [1.807, 2.05) is 12.1 Å². The third kappa shape index (κ3) is 10.9. The van der Waals surface area contributed by atoms with Gasteiger partial charge >= 0.3 is 5.97 Å². The minimum absolute atomic E-state index is 0.00697. The first-order valence-electron chi connectivity index (χ1n) is 16.6. The second kappa shape index (κ2) is 20.2. The number of carbonyl (C=O) groups is 4. The van der Waals surface area contributed by atoms with Gasteiger partial charge in [0.25, 0.3) is 17.7 Å². The molecule has 0 spiro atoms. The highest BCUT2D eigenvalue weighted by atomic mass is 79.9. The molecule has 0 aliphatic rings. The number of carbonyl (C=O) groups excluding carboxylic acids is 3. The zero-order chi connectivity index (χ0) is 43.6. The van der Waals surface area contributed by atoms with E-state index in [2.05, 4.69) is 68.0 Å². The van der Waals surface area contributed by atoms with Crippen LogP contribution in [0.3, 0.4) is 0 Å². The van der Waals surface area contributed by atoms with Crippen LogP contribution in [0.1, 0.15) is 63.9 Å². The molecule has 21 heteroatoms. The fourth-order valence-electron chi connectivity index (χ4n) is 5.10. The maximum absolute atomic E-state index is 13.0. The first kappa shape index (κ1) is 45.1. The molecule has 6 rings (SSSR count). The number of carboxylic acid groups (broad SMARTS) is 1. The quantitative estimate of drug-likeness (QED) is 0.105. The summed E-state index contributed by atoms with van der Waals surface area (Å²) in [5.41, 5.74) is 9.17.